The van der Waals surface area contributed by atoms with Gasteiger partial charge in [-0.05, 0) is 43.9 Å². The molecular formula is C16H23NO3. The van der Waals surface area contributed by atoms with Crippen molar-refractivity contribution in [3.8, 4) is 0 Å². The monoisotopic (exact) mass is 277 g/mol. The van der Waals surface area contributed by atoms with Crippen molar-refractivity contribution in [3.63, 3.8) is 0 Å². The Kier molecular flexibility index (Phi) is 6.39. The number of nitrogens with one attached hydrogen (secondary N) is 1. The van der Waals surface area contributed by atoms with Crippen molar-refractivity contribution >= 4 is 17.4 Å². The van der Waals surface area contributed by atoms with Gasteiger partial charge < -0.3 is 10.4 Å². The fourth-order valence-electron chi connectivity index (χ4n) is 2.30. The number of anilines is 1. The van der Waals surface area contributed by atoms with Crippen molar-refractivity contribution in [2.24, 2.45) is 5.92 Å². The predicted molar refractivity (Wildman–Crippen MR) is 79.5 cm³/mol. The maximum Gasteiger partial charge on any atom is 0.221 e. The number of hydrogen-bond acceptors (Lipinski definition) is 3. The summed E-state index contributed by atoms with van der Waals surface area (Å²) in [6.45, 7) is 4.91. The maximum atomic E-state index is 11.4. The summed E-state index contributed by atoms with van der Waals surface area (Å²) in [4.78, 5) is 22.3. The Labute approximate surface area is 120 Å². The topological polar surface area (TPSA) is 66.4 Å². The lowest BCUT2D eigenvalue weighted by Gasteiger charge is -2.18. The summed E-state index contributed by atoms with van der Waals surface area (Å²) >= 11 is 0. The summed E-state index contributed by atoms with van der Waals surface area (Å²) in [6.07, 6.45) is 1.36. The zero-order valence-corrected chi connectivity index (χ0v) is 12.3. The Balaban J connectivity index is 2.53. The van der Waals surface area contributed by atoms with Gasteiger partial charge in [-0.15, -0.1) is 0 Å². The van der Waals surface area contributed by atoms with E-state index >= 15 is 0 Å². The Hall–Kier alpha value is -1.68. The van der Waals surface area contributed by atoms with E-state index < -0.39 is 6.10 Å². The molecule has 2 N–H and O–H groups in total. The van der Waals surface area contributed by atoms with E-state index in [0.29, 0.717) is 19.3 Å². The summed E-state index contributed by atoms with van der Waals surface area (Å²) < 4.78 is 0. The smallest absolute Gasteiger partial charge is 0.221 e. The van der Waals surface area contributed by atoms with Crippen LogP contribution in [-0.4, -0.2) is 22.9 Å². The zero-order valence-electron chi connectivity index (χ0n) is 12.3. The Morgan fingerprint density at radius 2 is 1.80 bits per heavy atom. The molecule has 1 amide bonds. The third kappa shape index (κ3) is 5.13. The van der Waals surface area contributed by atoms with Crippen molar-refractivity contribution < 1.29 is 14.7 Å². The predicted octanol–water partition coefficient (Wildman–Crippen LogP) is 2.55. The normalized spacial score (nSPS) is 13.6. The minimum absolute atomic E-state index is 0.0426. The Morgan fingerprint density at radius 1 is 1.20 bits per heavy atom. The fraction of sp³-hybridized carbons (Fsp3) is 0.500. The summed E-state index contributed by atoms with van der Waals surface area (Å²) in [6, 6.07) is 7.52. The third-order valence-corrected chi connectivity index (χ3v) is 3.43. The van der Waals surface area contributed by atoms with Crippen LogP contribution in [0.25, 0.3) is 0 Å². The minimum atomic E-state index is -0.590. The van der Waals surface area contributed by atoms with Gasteiger partial charge in [0.05, 0.1) is 6.10 Å². The average Bonchev–Trinajstić information content (AvgIpc) is 2.37. The van der Waals surface area contributed by atoms with E-state index in [2.05, 4.69) is 5.32 Å². The first-order chi connectivity index (χ1) is 9.43. The minimum Gasteiger partial charge on any atom is -0.392 e. The van der Waals surface area contributed by atoms with Gasteiger partial charge in [-0.1, -0.05) is 19.1 Å². The SMILES string of the molecule is CCC(C(C)=O)C(O)CCc1ccc(NC(C)=O)cc1. The molecule has 4 nitrogen and oxygen atoms in total. The van der Waals surface area contributed by atoms with Gasteiger partial charge in [-0.25, -0.2) is 0 Å². The molecule has 4 heteroatoms. The van der Waals surface area contributed by atoms with E-state index in [4.69, 9.17) is 0 Å². The number of amides is 1. The number of carbonyl (C=O) groups excluding carboxylic acids is 2. The molecule has 1 rings (SSSR count). The van der Waals surface area contributed by atoms with Gasteiger partial charge >= 0.3 is 0 Å². The van der Waals surface area contributed by atoms with Gasteiger partial charge in [0.2, 0.25) is 5.91 Å². The lowest BCUT2D eigenvalue weighted by atomic mass is 9.91. The molecule has 0 heterocycles. The molecule has 110 valence electrons. The van der Waals surface area contributed by atoms with Crippen molar-refractivity contribution in [1.29, 1.82) is 0 Å². The van der Waals surface area contributed by atoms with Gasteiger partial charge in [0.15, 0.2) is 0 Å². The van der Waals surface area contributed by atoms with Crippen molar-refractivity contribution in [1.82, 2.24) is 0 Å². The van der Waals surface area contributed by atoms with Crippen LogP contribution in [0.4, 0.5) is 5.69 Å². The number of Topliss-reactive ketones (excluding diaryl/α,β-unsaturated/α-hetero) is 1. The number of ketones is 1. The molecule has 0 aliphatic rings. The largest absolute Gasteiger partial charge is 0.392 e. The first-order valence-corrected chi connectivity index (χ1v) is 6.99. The lowest BCUT2D eigenvalue weighted by Crippen LogP contribution is -2.26. The summed E-state index contributed by atoms with van der Waals surface area (Å²) in [5, 5.41) is 12.7. The Bertz CT molecular complexity index is 453. The molecular weight excluding hydrogens is 254 g/mol. The van der Waals surface area contributed by atoms with Crippen LogP contribution in [0.2, 0.25) is 0 Å². The van der Waals surface area contributed by atoms with Crippen LogP contribution in [0.5, 0.6) is 0 Å². The molecule has 1 aromatic rings. The van der Waals surface area contributed by atoms with Gasteiger partial charge in [-0.3, -0.25) is 9.59 Å². The number of carbonyl (C=O) groups is 2. The molecule has 0 saturated heterocycles. The quantitative estimate of drug-likeness (QED) is 0.805. The van der Waals surface area contributed by atoms with Crippen molar-refractivity contribution in [3.05, 3.63) is 29.8 Å². The number of hydrogen-bond donors (Lipinski definition) is 2. The second kappa shape index (κ2) is 7.80. The van der Waals surface area contributed by atoms with Gasteiger partial charge in [0, 0.05) is 18.5 Å². The van der Waals surface area contributed by atoms with Crippen LogP contribution < -0.4 is 5.32 Å². The Morgan fingerprint density at radius 3 is 2.25 bits per heavy atom. The van der Waals surface area contributed by atoms with E-state index in [1.807, 2.05) is 31.2 Å². The van der Waals surface area contributed by atoms with Crippen LogP contribution >= 0.6 is 0 Å². The molecule has 0 spiro atoms. The van der Waals surface area contributed by atoms with Gasteiger partial charge in [0.1, 0.15) is 5.78 Å². The second-order valence-corrected chi connectivity index (χ2v) is 5.11. The van der Waals surface area contributed by atoms with E-state index in [1.165, 1.54) is 13.8 Å². The third-order valence-electron chi connectivity index (χ3n) is 3.43. The summed E-state index contributed by atoms with van der Waals surface area (Å²) in [5.74, 6) is -0.324. The first kappa shape index (κ1) is 16.4. The molecule has 0 bridgehead atoms. The second-order valence-electron chi connectivity index (χ2n) is 5.11. The van der Waals surface area contributed by atoms with Crippen LogP contribution in [0, 0.1) is 5.92 Å². The zero-order chi connectivity index (χ0) is 15.1. The fourth-order valence-corrected chi connectivity index (χ4v) is 2.30. The molecule has 0 saturated carbocycles. The lowest BCUT2D eigenvalue weighted by molar-refractivity contribution is -0.124. The number of aliphatic hydroxyl groups excluding tert-OH is 1. The molecule has 2 atom stereocenters. The van der Waals surface area contributed by atoms with Gasteiger partial charge in [0.25, 0.3) is 0 Å². The number of benzene rings is 1. The molecule has 2 unspecified atom stereocenters. The standard InChI is InChI=1S/C16H23NO3/c1-4-15(11(2)18)16(20)10-7-13-5-8-14(9-6-13)17-12(3)19/h5-6,8-9,15-16,20H,4,7,10H2,1-3H3,(H,17,19). The molecule has 1 aromatic carbocycles. The highest BCUT2D eigenvalue weighted by atomic mass is 16.3. The first-order valence-electron chi connectivity index (χ1n) is 6.99. The van der Waals surface area contributed by atoms with Crippen molar-refractivity contribution in [2.45, 2.75) is 46.1 Å². The van der Waals surface area contributed by atoms with Gasteiger partial charge in [-0.2, -0.15) is 0 Å². The number of aliphatic hydroxyl groups is 1. The molecule has 0 aromatic heterocycles. The van der Waals surface area contributed by atoms with Crippen LogP contribution in [-0.2, 0) is 16.0 Å². The summed E-state index contributed by atoms with van der Waals surface area (Å²) in [5.41, 5.74) is 1.84. The molecule has 0 fully saturated rings. The van der Waals surface area contributed by atoms with Crippen molar-refractivity contribution in [2.75, 3.05) is 5.32 Å². The summed E-state index contributed by atoms with van der Waals surface area (Å²) in [7, 11) is 0. The van der Waals surface area contributed by atoms with Crippen LogP contribution in [0.15, 0.2) is 24.3 Å². The van der Waals surface area contributed by atoms with E-state index in [-0.39, 0.29) is 17.6 Å². The molecule has 0 aliphatic carbocycles. The molecule has 20 heavy (non-hydrogen) atoms. The van der Waals surface area contributed by atoms with Crippen LogP contribution in [0.3, 0.4) is 0 Å². The maximum absolute atomic E-state index is 11.4. The average molecular weight is 277 g/mol. The number of rotatable bonds is 7. The van der Waals surface area contributed by atoms with E-state index in [0.717, 1.165) is 11.3 Å². The molecule has 0 aliphatic heterocycles. The van der Waals surface area contributed by atoms with E-state index in [1.54, 1.807) is 0 Å². The number of aryl methyl sites for hydroxylation is 1. The highest BCUT2D eigenvalue weighted by Crippen LogP contribution is 2.17. The highest BCUT2D eigenvalue weighted by Gasteiger charge is 2.21. The molecule has 0 radical (unpaired) electrons. The van der Waals surface area contributed by atoms with E-state index in [9.17, 15) is 14.7 Å². The van der Waals surface area contributed by atoms with Crippen LogP contribution in [0.1, 0.15) is 39.2 Å². The highest BCUT2D eigenvalue weighted by molar-refractivity contribution is 5.88.